The van der Waals surface area contributed by atoms with Crippen molar-refractivity contribution in [3.8, 4) is 0 Å². The van der Waals surface area contributed by atoms with Crippen LogP contribution >= 0.6 is 11.8 Å². The second-order valence-corrected chi connectivity index (χ2v) is 10.8. The van der Waals surface area contributed by atoms with Crippen molar-refractivity contribution in [1.29, 1.82) is 0 Å². The van der Waals surface area contributed by atoms with Crippen LogP contribution in [0.4, 0.5) is 0 Å². The van der Waals surface area contributed by atoms with Crippen LogP contribution in [0, 0.1) is 0 Å². The highest BCUT2D eigenvalue weighted by molar-refractivity contribution is 7.99. The first kappa shape index (κ1) is 29.0. The smallest absolute Gasteiger partial charge is 0.337 e. The lowest BCUT2D eigenvalue weighted by atomic mass is 9.98. The molecule has 1 heterocycles. The van der Waals surface area contributed by atoms with Crippen LogP contribution in [0.5, 0.6) is 0 Å². The van der Waals surface area contributed by atoms with Gasteiger partial charge >= 0.3 is 5.97 Å². The number of benzene rings is 4. The number of carbonyl (C=O) groups is 1. The lowest BCUT2D eigenvalue weighted by Gasteiger charge is -2.45. The van der Waals surface area contributed by atoms with Gasteiger partial charge in [0.15, 0.2) is 6.10 Å². The van der Waals surface area contributed by atoms with Crippen molar-refractivity contribution in [3.05, 3.63) is 138 Å². The van der Waals surface area contributed by atoms with E-state index in [2.05, 4.69) is 0 Å². The zero-order valence-electron chi connectivity index (χ0n) is 22.9. The molecule has 1 aliphatic heterocycles. The minimum Gasteiger partial charge on any atom is -0.467 e. The summed E-state index contributed by atoms with van der Waals surface area (Å²) in [6.45, 7) is 0.939. The maximum absolute atomic E-state index is 13.2. The highest BCUT2D eigenvalue weighted by Gasteiger charge is 2.51. The normalized spacial score (nSPS) is 22.2. The Morgan fingerprint density at radius 3 is 1.49 bits per heavy atom. The summed E-state index contributed by atoms with van der Waals surface area (Å²) in [6, 6.07) is 39.6. The van der Waals surface area contributed by atoms with Crippen LogP contribution in [-0.2, 0) is 48.3 Å². The highest BCUT2D eigenvalue weighted by Crippen LogP contribution is 2.38. The molecule has 6 nitrogen and oxygen atoms in total. The third-order valence-electron chi connectivity index (χ3n) is 6.78. The van der Waals surface area contributed by atoms with E-state index < -0.39 is 35.8 Å². The first-order valence-electron chi connectivity index (χ1n) is 13.6. The maximum Gasteiger partial charge on any atom is 0.337 e. The summed E-state index contributed by atoms with van der Waals surface area (Å²) in [5, 5.41) is 0. The number of methoxy groups -OCH3 is 1. The number of esters is 1. The Kier molecular flexibility index (Phi) is 10.6. The average Bonchev–Trinajstić information content (AvgIpc) is 3.04. The Bertz CT molecular complexity index is 1320. The van der Waals surface area contributed by atoms with Gasteiger partial charge in [0.2, 0.25) is 0 Å². The van der Waals surface area contributed by atoms with Gasteiger partial charge in [-0.05, 0) is 28.8 Å². The van der Waals surface area contributed by atoms with Crippen molar-refractivity contribution in [3.63, 3.8) is 0 Å². The largest absolute Gasteiger partial charge is 0.467 e. The van der Waals surface area contributed by atoms with Gasteiger partial charge < -0.3 is 23.7 Å². The van der Waals surface area contributed by atoms with Crippen LogP contribution in [0.3, 0.4) is 0 Å². The topological polar surface area (TPSA) is 63.2 Å². The number of thioether (sulfide) groups is 1. The van der Waals surface area contributed by atoms with Crippen molar-refractivity contribution in [2.75, 3.05) is 7.11 Å². The summed E-state index contributed by atoms with van der Waals surface area (Å²) in [5.41, 5.74) is 2.43. The van der Waals surface area contributed by atoms with Crippen LogP contribution in [0.25, 0.3) is 0 Å². The summed E-state index contributed by atoms with van der Waals surface area (Å²) >= 11 is 1.49. The molecular weight excluding hydrogens is 536 g/mol. The van der Waals surface area contributed by atoms with E-state index in [0.29, 0.717) is 13.2 Å². The first-order chi connectivity index (χ1) is 20.2. The molecular formula is C34H34O6S. The SMILES string of the molecule is COC(=O)[C@H]1O[C@@H](Sc2ccccc2)[C@H](OCc2ccccc2)[C@H](OCc2ccccc2)[C@H]1OCc1ccccc1. The van der Waals surface area contributed by atoms with Gasteiger partial charge in [0, 0.05) is 4.90 Å². The van der Waals surface area contributed by atoms with Gasteiger partial charge in [-0.25, -0.2) is 4.79 Å². The van der Waals surface area contributed by atoms with Gasteiger partial charge in [-0.15, -0.1) is 0 Å². The quantitative estimate of drug-likeness (QED) is 0.182. The molecule has 0 amide bonds. The molecule has 0 aromatic heterocycles. The van der Waals surface area contributed by atoms with E-state index in [1.807, 2.05) is 121 Å². The molecule has 41 heavy (non-hydrogen) atoms. The fourth-order valence-corrected chi connectivity index (χ4v) is 5.82. The van der Waals surface area contributed by atoms with Crippen LogP contribution in [-0.4, -0.2) is 42.9 Å². The molecule has 0 unspecified atom stereocenters. The summed E-state index contributed by atoms with van der Waals surface area (Å²) in [5.74, 6) is -0.517. The molecule has 0 radical (unpaired) electrons. The molecule has 5 rings (SSSR count). The van der Waals surface area contributed by atoms with Gasteiger partial charge in [-0.1, -0.05) is 121 Å². The van der Waals surface area contributed by atoms with Crippen molar-refractivity contribution in [1.82, 2.24) is 0 Å². The zero-order chi connectivity index (χ0) is 28.3. The fourth-order valence-electron chi connectivity index (χ4n) is 4.69. The summed E-state index contributed by atoms with van der Waals surface area (Å²) in [7, 11) is 1.36. The van der Waals surface area contributed by atoms with Gasteiger partial charge in [0.05, 0.1) is 26.9 Å². The second-order valence-electron chi connectivity index (χ2n) is 9.66. The van der Waals surface area contributed by atoms with Crippen molar-refractivity contribution in [2.24, 2.45) is 0 Å². The molecule has 0 saturated carbocycles. The molecule has 0 bridgehead atoms. The molecule has 0 spiro atoms. The first-order valence-corrected chi connectivity index (χ1v) is 14.5. The predicted octanol–water partition coefficient (Wildman–Crippen LogP) is 6.43. The third-order valence-corrected chi connectivity index (χ3v) is 7.94. The Morgan fingerprint density at radius 2 is 1.02 bits per heavy atom. The van der Waals surface area contributed by atoms with Crippen molar-refractivity contribution in [2.45, 2.75) is 54.6 Å². The molecule has 5 atom stereocenters. The van der Waals surface area contributed by atoms with E-state index in [0.717, 1.165) is 21.6 Å². The number of ether oxygens (including phenoxy) is 5. The van der Waals surface area contributed by atoms with Gasteiger partial charge in [0.1, 0.15) is 23.7 Å². The molecule has 4 aromatic rings. The van der Waals surface area contributed by atoms with E-state index in [-0.39, 0.29) is 6.61 Å². The summed E-state index contributed by atoms with van der Waals surface area (Å²) in [6.07, 6.45) is -2.99. The monoisotopic (exact) mass is 570 g/mol. The Labute approximate surface area is 245 Å². The van der Waals surface area contributed by atoms with Crippen LogP contribution < -0.4 is 0 Å². The van der Waals surface area contributed by atoms with Crippen LogP contribution in [0.2, 0.25) is 0 Å². The molecule has 212 valence electrons. The molecule has 7 heteroatoms. The molecule has 0 N–H and O–H groups in total. The molecule has 4 aromatic carbocycles. The second kappa shape index (κ2) is 15.0. The highest BCUT2D eigenvalue weighted by atomic mass is 32.2. The average molecular weight is 571 g/mol. The van der Waals surface area contributed by atoms with E-state index in [4.69, 9.17) is 23.7 Å². The van der Waals surface area contributed by atoms with E-state index in [9.17, 15) is 4.79 Å². The fraction of sp³-hybridized carbons (Fsp3) is 0.265. The molecule has 1 aliphatic rings. The number of carbonyl (C=O) groups excluding carboxylic acids is 1. The van der Waals surface area contributed by atoms with Crippen LogP contribution in [0.15, 0.2) is 126 Å². The van der Waals surface area contributed by atoms with Gasteiger partial charge in [0.25, 0.3) is 0 Å². The minimum absolute atomic E-state index is 0.273. The third kappa shape index (κ3) is 8.06. The molecule has 0 aliphatic carbocycles. The Hall–Kier alpha value is -3.46. The van der Waals surface area contributed by atoms with E-state index in [1.165, 1.54) is 18.9 Å². The molecule has 1 saturated heterocycles. The Morgan fingerprint density at radius 1 is 0.610 bits per heavy atom. The van der Waals surface area contributed by atoms with Gasteiger partial charge in [-0.3, -0.25) is 0 Å². The predicted molar refractivity (Wildman–Crippen MR) is 158 cm³/mol. The number of hydrogen-bond acceptors (Lipinski definition) is 7. The minimum atomic E-state index is -1.01. The van der Waals surface area contributed by atoms with Crippen molar-refractivity contribution < 1.29 is 28.5 Å². The van der Waals surface area contributed by atoms with E-state index in [1.54, 1.807) is 0 Å². The maximum atomic E-state index is 13.2. The summed E-state index contributed by atoms with van der Waals surface area (Å²) in [4.78, 5) is 14.1. The van der Waals surface area contributed by atoms with Crippen molar-refractivity contribution >= 4 is 17.7 Å². The zero-order valence-corrected chi connectivity index (χ0v) is 23.7. The van der Waals surface area contributed by atoms with Crippen LogP contribution in [0.1, 0.15) is 16.7 Å². The lowest BCUT2D eigenvalue weighted by molar-refractivity contribution is -0.248. The number of rotatable bonds is 12. The lowest BCUT2D eigenvalue weighted by Crippen LogP contribution is -2.61. The molecule has 1 fully saturated rings. The van der Waals surface area contributed by atoms with Gasteiger partial charge in [-0.2, -0.15) is 0 Å². The summed E-state index contributed by atoms with van der Waals surface area (Å²) < 4.78 is 31.3. The Balaban J connectivity index is 1.48. The van der Waals surface area contributed by atoms with E-state index >= 15 is 0 Å². The number of hydrogen-bond donors (Lipinski definition) is 0. The standard InChI is InChI=1S/C34H34O6S/c1-36-33(35)31-29(37-22-25-14-6-2-7-15-25)30(38-23-26-16-8-3-9-17-26)32(39-24-27-18-10-4-11-19-27)34(40-31)41-28-20-12-5-13-21-28/h2-21,29-32,34H,22-24H2,1H3/t29-,30-,31+,32-,34+/m1/s1.